The summed E-state index contributed by atoms with van der Waals surface area (Å²) in [4.78, 5) is 26.0. The van der Waals surface area contributed by atoms with Gasteiger partial charge >= 0.3 is 6.03 Å². The molecule has 0 saturated heterocycles. The van der Waals surface area contributed by atoms with Crippen molar-refractivity contribution >= 4 is 17.6 Å². The van der Waals surface area contributed by atoms with E-state index in [2.05, 4.69) is 15.7 Å². The average molecular weight is 329 g/mol. The van der Waals surface area contributed by atoms with Crippen LogP contribution in [0.4, 0.5) is 10.5 Å². The summed E-state index contributed by atoms with van der Waals surface area (Å²) in [7, 11) is 1.85. The monoisotopic (exact) mass is 329 g/mol. The Bertz CT molecular complexity index is 681. The lowest BCUT2D eigenvalue weighted by Crippen LogP contribution is -2.43. The molecule has 0 spiro atoms. The number of urea groups is 1. The zero-order chi connectivity index (χ0) is 17.5. The number of aromatic nitrogens is 2. The van der Waals surface area contributed by atoms with Gasteiger partial charge in [-0.25, -0.2) is 4.79 Å². The van der Waals surface area contributed by atoms with Crippen LogP contribution in [0.3, 0.4) is 0 Å². The van der Waals surface area contributed by atoms with Crippen molar-refractivity contribution in [2.45, 2.75) is 26.4 Å². The highest BCUT2D eigenvalue weighted by Crippen LogP contribution is 2.07. The highest BCUT2D eigenvalue weighted by atomic mass is 16.2. The van der Waals surface area contributed by atoms with Crippen LogP contribution >= 0.6 is 0 Å². The van der Waals surface area contributed by atoms with Crippen molar-refractivity contribution in [3.8, 4) is 0 Å². The summed E-state index contributed by atoms with van der Waals surface area (Å²) >= 11 is 0. The number of hydrogen-bond acceptors (Lipinski definition) is 4. The Hall–Kier alpha value is -2.67. The zero-order valence-electron chi connectivity index (χ0n) is 14.2. The van der Waals surface area contributed by atoms with Crippen molar-refractivity contribution < 1.29 is 9.59 Å². The van der Waals surface area contributed by atoms with E-state index < -0.39 is 6.03 Å². The summed E-state index contributed by atoms with van der Waals surface area (Å²) in [6.07, 6.45) is 3.69. The molecule has 0 radical (unpaired) electrons. The van der Waals surface area contributed by atoms with E-state index in [4.69, 9.17) is 0 Å². The molecule has 0 unspecified atom stereocenters. The van der Waals surface area contributed by atoms with Crippen LogP contribution < -0.4 is 10.6 Å². The van der Waals surface area contributed by atoms with Crippen LogP contribution in [0, 0.1) is 0 Å². The maximum absolute atomic E-state index is 12.1. The van der Waals surface area contributed by atoms with Gasteiger partial charge in [-0.1, -0.05) is 18.2 Å². The number of carbonyl (C=O) groups is 2. The van der Waals surface area contributed by atoms with Gasteiger partial charge in [-0.15, -0.1) is 0 Å². The maximum Gasteiger partial charge on any atom is 0.325 e. The molecule has 2 N–H and O–H groups in total. The molecule has 1 heterocycles. The Kier molecular flexibility index (Phi) is 6.08. The van der Waals surface area contributed by atoms with Gasteiger partial charge in [0.25, 0.3) is 0 Å². The predicted molar refractivity (Wildman–Crippen MR) is 92.4 cm³/mol. The number of amides is 3. The van der Waals surface area contributed by atoms with Crippen LogP contribution in [0.1, 0.15) is 19.4 Å². The Morgan fingerprint density at radius 2 is 1.96 bits per heavy atom. The molecule has 0 fully saturated rings. The van der Waals surface area contributed by atoms with Crippen LogP contribution in [-0.2, 0) is 18.4 Å². The molecule has 2 aromatic rings. The van der Waals surface area contributed by atoms with Gasteiger partial charge < -0.3 is 5.32 Å². The fourth-order valence-corrected chi connectivity index (χ4v) is 2.24. The molecular formula is C17H23N5O2. The van der Waals surface area contributed by atoms with Gasteiger partial charge in [-0.05, 0) is 26.0 Å². The summed E-state index contributed by atoms with van der Waals surface area (Å²) in [6.45, 7) is 4.75. The van der Waals surface area contributed by atoms with Gasteiger partial charge in [0.05, 0.1) is 12.7 Å². The zero-order valence-corrected chi connectivity index (χ0v) is 14.2. The molecule has 0 atom stereocenters. The quantitative estimate of drug-likeness (QED) is 0.849. The lowest BCUT2D eigenvalue weighted by Gasteiger charge is -2.25. The normalized spacial score (nSPS) is 10.9. The smallest absolute Gasteiger partial charge is 0.308 e. The van der Waals surface area contributed by atoms with Crippen LogP contribution in [-0.4, -0.2) is 39.2 Å². The van der Waals surface area contributed by atoms with E-state index in [0.717, 1.165) is 5.56 Å². The molecule has 0 bridgehead atoms. The average Bonchev–Trinajstić information content (AvgIpc) is 2.92. The van der Waals surface area contributed by atoms with Gasteiger partial charge in [0, 0.05) is 37.1 Å². The van der Waals surface area contributed by atoms with E-state index in [0.29, 0.717) is 12.2 Å². The molecule has 24 heavy (non-hydrogen) atoms. The summed E-state index contributed by atoms with van der Waals surface area (Å²) in [6, 6.07) is 8.62. The largest absolute Gasteiger partial charge is 0.325 e. The second-order valence-corrected chi connectivity index (χ2v) is 5.89. The third-order valence-electron chi connectivity index (χ3n) is 3.51. The van der Waals surface area contributed by atoms with Crippen LogP contribution in [0.15, 0.2) is 42.7 Å². The predicted octanol–water partition coefficient (Wildman–Crippen LogP) is 1.98. The highest BCUT2D eigenvalue weighted by molar-refractivity contribution is 6.01. The lowest BCUT2D eigenvalue weighted by atomic mass is 10.2. The third-order valence-corrected chi connectivity index (χ3v) is 3.51. The standard InChI is InChI=1S/C17H23N5O2/c1-13(2)22(11-14-9-18-21(3)10-14)12-16(23)20-17(24)19-15-7-5-4-6-8-15/h4-10,13H,11-12H2,1-3H3,(H2,19,20,23,24). The van der Waals surface area contributed by atoms with E-state index in [1.807, 2.05) is 50.2 Å². The molecule has 0 aliphatic rings. The topological polar surface area (TPSA) is 79.3 Å². The summed E-state index contributed by atoms with van der Waals surface area (Å²) in [5, 5.41) is 9.11. The first-order valence-corrected chi connectivity index (χ1v) is 7.81. The minimum atomic E-state index is -0.531. The lowest BCUT2D eigenvalue weighted by molar-refractivity contribution is -0.121. The van der Waals surface area contributed by atoms with E-state index in [1.54, 1.807) is 23.0 Å². The van der Waals surface area contributed by atoms with Crippen molar-refractivity contribution in [3.05, 3.63) is 48.3 Å². The summed E-state index contributed by atoms with van der Waals surface area (Å²) in [5.74, 6) is -0.346. The molecule has 1 aromatic carbocycles. The molecule has 0 saturated carbocycles. The fraction of sp³-hybridized carbons (Fsp3) is 0.353. The Morgan fingerprint density at radius 1 is 1.25 bits per heavy atom. The SMILES string of the molecule is CC(C)N(CC(=O)NC(=O)Nc1ccccc1)Cc1cnn(C)c1. The molecule has 1 aromatic heterocycles. The number of imide groups is 1. The Morgan fingerprint density at radius 3 is 2.54 bits per heavy atom. The van der Waals surface area contributed by atoms with Crippen LogP contribution in [0.2, 0.25) is 0 Å². The van der Waals surface area contributed by atoms with Gasteiger partial charge in [-0.3, -0.25) is 19.7 Å². The number of nitrogens with zero attached hydrogens (tertiary/aromatic N) is 3. The first-order valence-electron chi connectivity index (χ1n) is 7.81. The van der Waals surface area contributed by atoms with E-state index in [9.17, 15) is 9.59 Å². The van der Waals surface area contributed by atoms with Gasteiger partial charge in [0.15, 0.2) is 0 Å². The molecule has 0 aliphatic carbocycles. The number of rotatable bonds is 6. The number of para-hydroxylation sites is 1. The minimum absolute atomic E-state index is 0.134. The first kappa shape index (κ1) is 17.7. The number of nitrogens with one attached hydrogen (secondary N) is 2. The van der Waals surface area contributed by atoms with Gasteiger partial charge in [-0.2, -0.15) is 5.10 Å². The fourth-order valence-electron chi connectivity index (χ4n) is 2.24. The molecule has 7 nitrogen and oxygen atoms in total. The van der Waals surface area contributed by atoms with Gasteiger partial charge in [0.2, 0.25) is 5.91 Å². The molecule has 0 aliphatic heterocycles. The summed E-state index contributed by atoms with van der Waals surface area (Å²) in [5.41, 5.74) is 1.66. The number of aryl methyl sites for hydroxylation is 1. The van der Waals surface area contributed by atoms with Crippen molar-refractivity contribution in [1.82, 2.24) is 20.0 Å². The summed E-state index contributed by atoms with van der Waals surface area (Å²) < 4.78 is 1.72. The third kappa shape index (κ3) is 5.51. The van der Waals surface area contributed by atoms with Crippen LogP contribution in [0.5, 0.6) is 0 Å². The number of hydrogen-bond donors (Lipinski definition) is 2. The molecule has 7 heteroatoms. The van der Waals surface area contributed by atoms with E-state index >= 15 is 0 Å². The number of carbonyl (C=O) groups excluding carboxylic acids is 2. The minimum Gasteiger partial charge on any atom is -0.308 e. The molecule has 3 amide bonds. The van der Waals surface area contributed by atoms with E-state index in [1.165, 1.54) is 0 Å². The maximum atomic E-state index is 12.1. The molecule has 128 valence electrons. The molecular weight excluding hydrogens is 306 g/mol. The Labute approximate surface area is 141 Å². The van der Waals surface area contributed by atoms with E-state index in [-0.39, 0.29) is 18.5 Å². The van der Waals surface area contributed by atoms with Crippen molar-refractivity contribution in [1.29, 1.82) is 0 Å². The van der Waals surface area contributed by atoms with Crippen molar-refractivity contribution in [2.75, 3.05) is 11.9 Å². The first-order chi connectivity index (χ1) is 11.4. The van der Waals surface area contributed by atoms with Crippen molar-refractivity contribution in [2.24, 2.45) is 7.05 Å². The molecule has 2 rings (SSSR count). The van der Waals surface area contributed by atoms with Crippen LogP contribution in [0.25, 0.3) is 0 Å². The van der Waals surface area contributed by atoms with Crippen molar-refractivity contribution in [3.63, 3.8) is 0 Å². The van der Waals surface area contributed by atoms with Gasteiger partial charge in [0.1, 0.15) is 0 Å². The Balaban J connectivity index is 1.87. The second kappa shape index (κ2) is 8.26. The highest BCUT2D eigenvalue weighted by Gasteiger charge is 2.17. The number of anilines is 1. The second-order valence-electron chi connectivity index (χ2n) is 5.89. The number of benzene rings is 1.